The molecule has 0 aliphatic heterocycles. The molecule has 1 rings (SSSR count). The third-order valence-electron chi connectivity index (χ3n) is 2.48. The normalized spacial score (nSPS) is 13.1. The van der Waals surface area contributed by atoms with Crippen molar-refractivity contribution in [2.45, 2.75) is 24.8 Å². The van der Waals surface area contributed by atoms with Gasteiger partial charge >= 0.3 is 0 Å². The van der Waals surface area contributed by atoms with Crippen LogP contribution in [0.25, 0.3) is 0 Å². The summed E-state index contributed by atoms with van der Waals surface area (Å²) in [4.78, 5) is 11.3. The molecule has 1 atom stereocenters. The van der Waals surface area contributed by atoms with Gasteiger partial charge in [0, 0.05) is 7.05 Å². The molecule has 100 valence electrons. The van der Waals surface area contributed by atoms with E-state index in [1.807, 2.05) is 0 Å². The van der Waals surface area contributed by atoms with E-state index in [1.165, 1.54) is 20.0 Å². The van der Waals surface area contributed by atoms with Crippen LogP contribution in [0.15, 0.2) is 23.1 Å². The first-order valence-electron chi connectivity index (χ1n) is 5.38. The number of nitrogen functional groups attached to an aromatic ring is 1. The fourth-order valence-corrected chi connectivity index (χ4v) is 3.16. The molecule has 0 spiro atoms. The van der Waals surface area contributed by atoms with E-state index in [-0.39, 0.29) is 10.6 Å². The third kappa shape index (κ3) is 2.99. The van der Waals surface area contributed by atoms with E-state index in [0.29, 0.717) is 5.56 Å². The maximum atomic E-state index is 12.1. The zero-order chi connectivity index (χ0) is 13.9. The molecule has 0 aromatic heterocycles. The largest absolute Gasteiger partial charge is 0.398 e. The second-order valence-electron chi connectivity index (χ2n) is 3.95. The van der Waals surface area contributed by atoms with Crippen molar-refractivity contribution in [2.24, 2.45) is 0 Å². The minimum Gasteiger partial charge on any atom is -0.398 e. The van der Waals surface area contributed by atoms with Gasteiger partial charge in [0.1, 0.15) is 4.90 Å². The number of likely N-dealkylation sites (N-methyl/N-ethyl adjacent to an activating group) is 1. The lowest BCUT2D eigenvalue weighted by atomic mass is 10.2. The molecule has 18 heavy (non-hydrogen) atoms. The van der Waals surface area contributed by atoms with Crippen LogP contribution in [0.5, 0.6) is 0 Å². The van der Waals surface area contributed by atoms with Gasteiger partial charge in [0.15, 0.2) is 0 Å². The number of hydrogen-bond acceptors (Lipinski definition) is 4. The number of amides is 1. The van der Waals surface area contributed by atoms with E-state index in [2.05, 4.69) is 10.0 Å². The van der Waals surface area contributed by atoms with Gasteiger partial charge in [0.05, 0.1) is 11.7 Å². The Balaban J connectivity index is 3.12. The molecule has 6 nitrogen and oxygen atoms in total. The summed E-state index contributed by atoms with van der Waals surface area (Å²) in [7, 11) is -2.37. The number of hydrogen-bond donors (Lipinski definition) is 3. The summed E-state index contributed by atoms with van der Waals surface area (Å²) < 4.78 is 26.6. The summed E-state index contributed by atoms with van der Waals surface area (Å²) in [5.41, 5.74) is 6.36. The van der Waals surface area contributed by atoms with E-state index in [0.717, 1.165) is 0 Å². The number of nitrogens with one attached hydrogen (secondary N) is 2. The lowest BCUT2D eigenvalue weighted by molar-refractivity contribution is -0.121. The van der Waals surface area contributed by atoms with Gasteiger partial charge in [-0.25, -0.2) is 8.42 Å². The van der Waals surface area contributed by atoms with Gasteiger partial charge in [-0.05, 0) is 25.5 Å². The SMILES string of the molecule is CNC(=O)C(C)NS(=O)(=O)c1c(C)cccc1N. The number of carbonyl (C=O) groups is 1. The standard InChI is InChI=1S/C11H17N3O3S/c1-7-5-4-6-9(12)10(7)18(16,17)14-8(2)11(15)13-3/h4-6,8,14H,12H2,1-3H3,(H,13,15). The summed E-state index contributed by atoms with van der Waals surface area (Å²) in [6.45, 7) is 3.11. The van der Waals surface area contributed by atoms with Gasteiger partial charge in [-0.3, -0.25) is 4.79 Å². The number of benzene rings is 1. The zero-order valence-corrected chi connectivity index (χ0v) is 11.3. The molecule has 1 unspecified atom stereocenters. The van der Waals surface area contributed by atoms with E-state index >= 15 is 0 Å². The predicted molar refractivity (Wildman–Crippen MR) is 69.4 cm³/mol. The zero-order valence-electron chi connectivity index (χ0n) is 10.5. The first-order valence-corrected chi connectivity index (χ1v) is 6.87. The Kier molecular flexibility index (Phi) is 4.31. The first-order chi connectivity index (χ1) is 8.29. The molecule has 1 aromatic carbocycles. The fourth-order valence-electron chi connectivity index (χ4n) is 1.60. The average molecular weight is 271 g/mol. The number of nitrogens with two attached hydrogens (primary N) is 1. The Hall–Kier alpha value is -1.60. The van der Waals surface area contributed by atoms with Crippen LogP contribution in [0.4, 0.5) is 5.69 Å². The lowest BCUT2D eigenvalue weighted by Crippen LogP contribution is -2.43. The number of aryl methyl sites for hydroxylation is 1. The summed E-state index contributed by atoms with van der Waals surface area (Å²) in [6.07, 6.45) is 0. The van der Waals surface area contributed by atoms with Crippen molar-refractivity contribution in [3.8, 4) is 0 Å². The maximum absolute atomic E-state index is 12.1. The minimum atomic E-state index is -3.81. The molecule has 0 saturated heterocycles. The smallest absolute Gasteiger partial charge is 0.243 e. The van der Waals surface area contributed by atoms with Crippen LogP contribution in [0.2, 0.25) is 0 Å². The molecule has 0 heterocycles. The Morgan fingerprint density at radius 1 is 1.39 bits per heavy atom. The van der Waals surface area contributed by atoms with Crippen molar-refractivity contribution < 1.29 is 13.2 Å². The van der Waals surface area contributed by atoms with Crippen LogP contribution in [0.3, 0.4) is 0 Å². The van der Waals surface area contributed by atoms with Crippen molar-refractivity contribution in [1.82, 2.24) is 10.0 Å². The van der Waals surface area contributed by atoms with Crippen LogP contribution in [-0.4, -0.2) is 27.4 Å². The highest BCUT2D eigenvalue weighted by molar-refractivity contribution is 7.89. The van der Waals surface area contributed by atoms with Crippen LogP contribution < -0.4 is 15.8 Å². The molecule has 0 aliphatic carbocycles. The predicted octanol–water partition coefficient (Wildman–Crippen LogP) is -0.00998. The summed E-state index contributed by atoms with van der Waals surface area (Å²) in [6, 6.07) is 3.96. The van der Waals surface area contributed by atoms with Crippen molar-refractivity contribution in [2.75, 3.05) is 12.8 Å². The van der Waals surface area contributed by atoms with E-state index < -0.39 is 22.0 Å². The highest BCUT2D eigenvalue weighted by Gasteiger charge is 2.24. The Morgan fingerprint density at radius 3 is 2.50 bits per heavy atom. The molecule has 0 aliphatic rings. The van der Waals surface area contributed by atoms with Crippen molar-refractivity contribution >= 4 is 21.6 Å². The van der Waals surface area contributed by atoms with Gasteiger partial charge < -0.3 is 11.1 Å². The molecule has 0 radical (unpaired) electrons. The second kappa shape index (κ2) is 5.36. The quantitative estimate of drug-likeness (QED) is 0.670. The van der Waals surface area contributed by atoms with E-state index in [1.54, 1.807) is 19.1 Å². The topological polar surface area (TPSA) is 101 Å². The lowest BCUT2D eigenvalue weighted by Gasteiger charge is -2.15. The van der Waals surface area contributed by atoms with Gasteiger partial charge in [0.25, 0.3) is 0 Å². The Morgan fingerprint density at radius 2 is 2.00 bits per heavy atom. The number of sulfonamides is 1. The molecule has 4 N–H and O–H groups in total. The molecule has 0 bridgehead atoms. The molecule has 1 amide bonds. The number of carbonyl (C=O) groups excluding carboxylic acids is 1. The first kappa shape index (κ1) is 14.5. The van der Waals surface area contributed by atoms with E-state index in [9.17, 15) is 13.2 Å². The number of rotatable bonds is 4. The monoisotopic (exact) mass is 271 g/mol. The third-order valence-corrected chi connectivity index (χ3v) is 4.24. The molecule has 0 saturated carbocycles. The summed E-state index contributed by atoms with van der Waals surface area (Å²) in [5, 5.41) is 2.37. The van der Waals surface area contributed by atoms with E-state index in [4.69, 9.17) is 5.73 Å². The fraction of sp³-hybridized carbons (Fsp3) is 0.364. The summed E-state index contributed by atoms with van der Waals surface area (Å²) in [5.74, 6) is -0.411. The average Bonchev–Trinajstić information content (AvgIpc) is 2.26. The minimum absolute atomic E-state index is 0.0146. The molecule has 1 aromatic rings. The molecular weight excluding hydrogens is 254 g/mol. The number of anilines is 1. The van der Waals surface area contributed by atoms with Gasteiger partial charge in [0.2, 0.25) is 15.9 Å². The summed E-state index contributed by atoms with van der Waals surface area (Å²) >= 11 is 0. The Bertz CT molecular complexity index is 534. The van der Waals surface area contributed by atoms with Crippen LogP contribution >= 0.6 is 0 Å². The molecule has 0 fully saturated rings. The molecular formula is C11H17N3O3S. The highest BCUT2D eigenvalue weighted by atomic mass is 32.2. The van der Waals surface area contributed by atoms with Crippen molar-refractivity contribution in [3.05, 3.63) is 23.8 Å². The van der Waals surface area contributed by atoms with Gasteiger partial charge in [-0.2, -0.15) is 4.72 Å². The van der Waals surface area contributed by atoms with Gasteiger partial charge in [-0.1, -0.05) is 12.1 Å². The maximum Gasteiger partial charge on any atom is 0.243 e. The highest BCUT2D eigenvalue weighted by Crippen LogP contribution is 2.22. The van der Waals surface area contributed by atoms with Crippen LogP contribution in [-0.2, 0) is 14.8 Å². The van der Waals surface area contributed by atoms with Crippen molar-refractivity contribution in [1.29, 1.82) is 0 Å². The second-order valence-corrected chi connectivity index (χ2v) is 5.60. The van der Waals surface area contributed by atoms with Crippen molar-refractivity contribution in [3.63, 3.8) is 0 Å². The Labute approximate surface area is 107 Å². The van der Waals surface area contributed by atoms with Gasteiger partial charge in [-0.15, -0.1) is 0 Å². The van der Waals surface area contributed by atoms with Crippen LogP contribution in [0.1, 0.15) is 12.5 Å². The molecule has 7 heteroatoms. The van der Waals surface area contributed by atoms with Crippen LogP contribution in [0, 0.1) is 6.92 Å².